The van der Waals surface area contributed by atoms with Gasteiger partial charge in [0.2, 0.25) is 5.91 Å². The maximum atomic E-state index is 10.5. The Labute approximate surface area is 82.3 Å². The molecule has 4 heteroatoms. The summed E-state index contributed by atoms with van der Waals surface area (Å²) in [5, 5.41) is 13.1. The number of aryl methyl sites for hydroxylation is 1. The Kier molecular flexibility index (Phi) is 3.23. The molecule has 1 rings (SSSR count). The third-order valence-electron chi connectivity index (χ3n) is 1.61. The Bertz CT molecular complexity index is 372. The number of phenolic OH excluding ortho intramolecular Hbond substituents is 1. The standard InChI is InChI=1S/C10H12N2O2/c1-7-3-4-9(10(14)5-7)6-11-12-8(2)13/h3-6,14H,1-2H3,(H,12,13)/b11-6+. The van der Waals surface area contributed by atoms with E-state index in [4.69, 9.17) is 0 Å². The van der Waals surface area contributed by atoms with Crippen molar-refractivity contribution in [2.45, 2.75) is 13.8 Å². The van der Waals surface area contributed by atoms with Gasteiger partial charge in [0.15, 0.2) is 0 Å². The normalized spacial score (nSPS) is 10.4. The minimum Gasteiger partial charge on any atom is -0.507 e. The molecule has 14 heavy (non-hydrogen) atoms. The van der Waals surface area contributed by atoms with Gasteiger partial charge in [0.25, 0.3) is 0 Å². The molecule has 1 aromatic rings. The summed E-state index contributed by atoms with van der Waals surface area (Å²) < 4.78 is 0. The van der Waals surface area contributed by atoms with Crippen LogP contribution in [-0.2, 0) is 4.79 Å². The highest BCUT2D eigenvalue weighted by Gasteiger charge is 1.97. The van der Waals surface area contributed by atoms with Crippen LogP contribution in [0.3, 0.4) is 0 Å². The van der Waals surface area contributed by atoms with Crippen LogP contribution in [0.4, 0.5) is 0 Å². The summed E-state index contributed by atoms with van der Waals surface area (Å²) in [4.78, 5) is 10.5. The third kappa shape index (κ3) is 2.90. The highest BCUT2D eigenvalue weighted by Crippen LogP contribution is 2.15. The van der Waals surface area contributed by atoms with Crippen molar-refractivity contribution in [2.75, 3.05) is 0 Å². The quantitative estimate of drug-likeness (QED) is 0.545. The van der Waals surface area contributed by atoms with Gasteiger partial charge in [-0.3, -0.25) is 4.79 Å². The fourth-order valence-corrected chi connectivity index (χ4v) is 0.956. The Morgan fingerprint density at radius 2 is 2.29 bits per heavy atom. The molecular weight excluding hydrogens is 180 g/mol. The minimum absolute atomic E-state index is 0.152. The van der Waals surface area contributed by atoms with Crippen molar-refractivity contribution in [2.24, 2.45) is 5.10 Å². The van der Waals surface area contributed by atoms with Gasteiger partial charge in [-0.15, -0.1) is 0 Å². The van der Waals surface area contributed by atoms with Crippen LogP contribution in [0.1, 0.15) is 18.1 Å². The number of nitrogens with zero attached hydrogens (tertiary/aromatic N) is 1. The lowest BCUT2D eigenvalue weighted by atomic mass is 10.1. The van der Waals surface area contributed by atoms with Crippen molar-refractivity contribution < 1.29 is 9.90 Å². The number of amides is 1. The summed E-state index contributed by atoms with van der Waals surface area (Å²) in [5.41, 5.74) is 3.80. The number of hydrogen-bond acceptors (Lipinski definition) is 3. The summed E-state index contributed by atoms with van der Waals surface area (Å²) in [5.74, 6) is -0.0908. The van der Waals surface area contributed by atoms with Crippen molar-refractivity contribution >= 4 is 12.1 Å². The molecule has 1 amide bonds. The van der Waals surface area contributed by atoms with Crippen molar-refractivity contribution in [3.8, 4) is 5.75 Å². The minimum atomic E-state index is -0.243. The Morgan fingerprint density at radius 1 is 1.57 bits per heavy atom. The molecule has 0 bridgehead atoms. The van der Waals surface area contributed by atoms with E-state index in [1.807, 2.05) is 13.0 Å². The molecule has 0 heterocycles. The smallest absolute Gasteiger partial charge is 0.236 e. The molecule has 0 aliphatic carbocycles. The second-order valence-electron chi connectivity index (χ2n) is 2.99. The van der Waals surface area contributed by atoms with E-state index >= 15 is 0 Å². The van der Waals surface area contributed by atoms with Crippen LogP contribution in [0.15, 0.2) is 23.3 Å². The highest BCUT2D eigenvalue weighted by atomic mass is 16.3. The van der Waals surface area contributed by atoms with E-state index in [1.54, 1.807) is 12.1 Å². The van der Waals surface area contributed by atoms with Crippen LogP contribution in [0.2, 0.25) is 0 Å². The van der Waals surface area contributed by atoms with Crippen LogP contribution in [0.5, 0.6) is 5.75 Å². The predicted octanol–water partition coefficient (Wildman–Crippen LogP) is 1.17. The fourth-order valence-electron chi connectivity index (χ4n) is 0.956. The topological polar surface area (TPSA) is 61.7 Å². The van der Waals surface area contributed by atoms with E-state index in [0.717, 1.165) is 5.56 Å². The van der Waals surface area contributed by atoms with Gasteiger partial charge in [0.05, 0.1) is 6.21 Å². The number of hydrogen-bond donors (Lipinski definition) is 2. The van der Waals surface area contributed by atoms with Crippen molar-refractivity contribution in [1.82, 2.24) is 5.43 Å². The van der Waals surface area contributed by atoms with Gasteiger partial charge >= 0.3 is 0 Å². The lowest BCUT2D eigenvalue weighted by Crippen LogP contribution is -2.12. The first-order chi connectivity index (χ1) is 6.59. The molecule has 0 aliphatic rings. The van der Waals surface area contributed by atoms with Crippen molar-refractivity contribution in [3.63, 3.8) is 0 Å². The van der Waals surface area contributed by atoms with Gasteiger partial charge in [-0.2, -0.15) is 5.10 Å². The Morgan fingerprint density at radius 3 is 2.86 bits per heavy atom. The highest BCUT2D eigenvalue weighted by molar-refractivity contribution is 5.84. The number of phenols is 1. The molecule has 0 unspecified atom stereocenters. The van der Waals surface area contributed by atoms with Crippen LogP contribution >= 0.6 is 0 Å². The number of aromatic hydroxyl groups is 1. The molecule has 0 saturated carbocycles. The first-order valence-electron chi connectivity index (χ1n) is 4.19. The second-order valence-corrected chi connectivity index (χ2v) is 2.99. The molecule has 0 spiro atoms. The van der Waals surface area contributed by atoms with E-state index in [0.29, 0.717) is 5.56 Å². The maximum Gasteiger partial charge on any atom is 0.236 e. The zero-order valence-electron chi connectivity index (χ0n) is 8.11. The molecule has 4 nitrogen and oxygen atoms in total. The van der Waals surface area contributed by atoms with Crippen LogP contribution < -0.4 is 5.43 Å². The summed E-state index contributed by atoms with van der Waals surface area (Å²) in [7, 11) is 0. The molecule has 74 valence electrons. The van der Waals surface area contributed by atoms with Gasteiger partial charge in [-0.25, -0.2) is 5.43 Å². The number of carbonyl (C=O) groups is 1. The van der Waals surface area contributed by atoms with E-state index in [-0.39, 0.29) is 11.7 Å². The van der Waals surface area contributed by atoms with Gasteiger partial charge < -0.3 is 5.11 Å². The fraction of sp³-hybridized carbons (Fsp3) is 0.200. The van der Waals surface area contributed by atoms with Gasteiger partial charge in [0.1, 0.15) is 5.75 Å². The molecule has 1 aromatic carbocycles. The number of nitrogens with one attached hydrogen (secondary N) is 1. The van der Waals surface area contributed by atoms with E-state index in [2.05, 4.69) is 10.5 Å². The number of rotatable bonds is 2. The van der Waals surface area contributed by atoms with Crippen LogP contribution in [0.25, 0.3) is 0 Å². The molecule has 0 radical (unpaired) electrons. The molecule has 2 N–H and O–H groups in total. The molecule has 0 aromatic heterocycles. The van der Waals surface area contributed by atoms with Crippen molar-refractivity contribution in [1.29, 1.82) is 0 Å². The van der Waals surface area contributed by atoms with E-state index < -0.39 is 0 Å². The SMILES string of the molecule is CC(=O)N/N=C/c1ccc(C)cc1O. The summed E-state index contributed by atoms with van der Waals surface area (Å²) in [6, 6.07) is 5.22. The van der Waals surface area contributed by atoms with E-state index in [1.165, 1.54) is 13.1 Å². The zero-order valence-corrected chi connectivity index (χ0v) is 8.11. The predicted molar refractivity (Wildman–Crippen MR) is 54.3 cm³/mol. The van der Waals surface area contributed by atoms with Crippen LogP contribution in [0, 0.1) is 6.92 Å². The lowest BCUT2D eigenvalue weighted by molar-refractivity contribution is -0.118. The van der Waals surface area contributed by atoms with Crippen molar-refractivity contribution in [3.05, 3.63) is 29.3 Å². The van der Waals surface area contributed by atoms with Gasteiger partial charge in [-0.1, -0.05) is 6.07 Å². The third-order valence-corrected chi connectivity index (χ3v) is 1.61. The average molecular weight is 192 g/mol. The van der Waals surface area contributed by atoms with Crippen LogP contribution in [-0.4, -0.2) is 17.2 Å². The Balaban J connectivity index is 2.76. The number of hydrazone groups is 1. The lowest BCUT2D eigenvalue weighted by Gasteiger charge is -1.99. The largest absolute Gasteiger partial charge is 0.507 e. The monoisotopic (exact) mass is 192 g/mol. The molecule has 0 fully saturated rings. The number of benzene rings is 1. The summed E-state index contributed by atoms with van der Waals surface area (Å²) in [6.45, 7) is 3.25. The molecule has 0 atom stereocenters. The maximum absolute atomic E-state index is 10.5. The first kappa shape index (κ1) is 10.2. The zero-order chi connectivity index (χ0) is 10.6. The van der Waals surface area contributed by atoms with Gasteiger partial charge in [-0.05, 0) is 24.6 Å². The Hall–Kier alpha value is -1.84. The number of carbonyl (C=O) groups excluding carboxylic acids is 1. The molecule has 0 saturated heterocycles. The van der Waals surface area contributed by atoms with E-state index in [9.17, 15) is 9.90 Å². The average Bonchev–Trinajstić information content (AvgIpc) is 2.08. The molecule has 0 aliphatic heterocycles. The van der Waals surface area contributed by atoms with Gasteiger partial charge in [0, 0.05) is 12.5 Å². The second kappa shape index (κ2) is 4.41. The molecular formula is C10H12N2O2. The first-order valence-corrected chi connectivity index (χ1v) is 4.19. The summed E-state index contributed by atoms with van der Waals surface area (Å²) in [6.07, 6.45) is 1.40. The summed E-state index contributed by atoms with van der Waals surface area (Å²) >= 11 is 0.